The SMILES string of the molecule is CC(C)CC(O)C(C)C(O)COC(=O)c1ccccc1.O=S(=O)(O)c1ccccc1. The Balaban J connectivity index is 0.000000375. The maximum absolute atomic E-state index is 11.7. The second-order valence-electron chi connectivity index (χ2n) is 7.38. The van der Waals surface area contributed by atoms with Crippen molar-refractivity contribution in [2.24, 2.45) is 11.8 Å². The molecule has 0 saturated carbocycles. The van der Waals surface area contributed by atoms with Gasteiger partial charge in [0.2, 0.25) is 0 Å². The predicted octanol–water partition coefficient (Wildman–Crippen LogP) is 3.18. The molecule has 0 radical (unpaired) electrons. The van der Waals surface area contributed by atoms with E-state index in [0.29, 0.717) is 17.9 Å². The Labute approximate surface area is 178 Å². The van der Waals surface area contributed by atoms with Crippen molar-refractivity contribution in [2.45, 2.75) is 44.3 Å². The van der Waals surface area contributed by atoms with Gasteiger partial charge in [0.15, 0.2) is 0 Å². The van der Waals surface area contributed by atoms with Crippen LogP contribution in [0.1, 0.15) is 37.6 Å². The van der Waals surface area contributed by atoms with E-state index in [2.05, 4.69) is 0 Å². The third-order valence-corrected chi connectivity index (χ3v) is 5.23. The third-order valence-electron chi connectivity index (χ3n) is 4.36. The summed E-state index contributed by atoms with van der Waals surface area (Å²) in [6.07, 6.45) is -0.845. The molecule has 3 atom stereocenters. The Kier molecular flexibility index (Phi) is 10.7. The molecule has 3 N–H and O–H groups in total. The monoisotopic (exact) mass is 438 g/mol. The minimum Gasteiger partial charge on any atom is -0.459 e. The van der Waals surface area contributed by atoms with Gasteiger partial charge in [0.1, 0.15) is 6.61 Å². The highest BCUT2D eigenvalue weighted by Crippen LogP contribution is 2.17. The van der Waals surface area contributed by atoms with Gasteiger partial charge in [0.25, 0.3) is 10.1 Å². The van der Waals surface area contributed by atoms with Gasteiger partial charge < -0.3 is 14.9 Å². The fraction of sp³-hybridized carbons (Fsp3) is 0.409. The summed E-state index contributed by atoms with van der Waals surface area (Å²) in [5.41, 5.74) is 0.454. The number of hydrogen-bond acceptors (Lipinski definition) is 6. The van der Waals surface area contributed by atoms with Crippen LogP contribution in [-0.4, -0.2) is 48.0 Å². The van der Waals surface area contributed by atoms with Gasteiger partial charge in [-0.25, -0.2) is 4.79 Å². The van der Waals surface area contributed by atoms with Gasteiger partial charge in [0, 0.05) is 5.92 Å². The first-order valence-electron chi connectivity index (χ1n) is 9.63. The van der Waals surface area contributed by atoms with Crippen LogP contribution in [0.2, 0.25) is 0 Å². The highest BCUT2D eigenvalue weighted by molar-refractivity contribution is 7.85. The number of benzene rings is 2. The molecule has 166 valence electrons. The molecular weight excluding hydrogens is 408 g/mol. The molecule has 0 aliphatic rings. The molecule has 30 heavy (non-hydrogen) atoms. The van der Waals surface area contributed by atoms with Crippen molar-refractivity contribution in [1.82, 2.24) is 0 Å². The third kappa shape index (κ3) is 9.49. The van der Waals surface area contributed by atoms with Gasteiger partial charge in [-0.2, -0.15) is 8.42 Å². The Hall–Kier alpha value is -2.26. The second kappa shape index (κ2) is 12.4. The van der Waals surface area contributed by atoms with E-state index in [4.69, 9.17) is 9.29 Å². The zero-order chi connectivity index (χ0) is 22.7. The Bertz CT molecular complexity index is 852. The Morgan fingerprint density at radius 3 is 1.83 bits per heavy atom. The first-order valence-corrected chi connectivity index (χ1v) is 11.1. The average molecular weight is 439 g/mol. The molecule has 0 aliphatic heterocycles. The van der Waals surface area contributed by atoms with E-state index >= 15 is 0 Å². The lowest BCUT2D eigenvalue weighted by Gasteiger charge is -2.25. The molecule has 7 nitrogen and oxygen atoms in total. The number of rotatable bonds is 8. The summed E-state index contributed by atoms with van der Waals surface area (Å²) in [6.45, 7) is 5.67. The Morgan fingerprint density at radius 2 is 1.40 bits per heavy atom. The van der Waals surface area contributed by atoms with Crippen LogP contribution < -0.4 is 0 Å². The number of esters is 1. The van der Waals surface area contributed by atoms with Crippen LogP contribution in [0.25, 0.3) is 0 Å². The van der Waals surface area contributed by atoms with Crippen molar-refractivity contribution in [1.29, 1.82) is 0 Å². The highest BCUT2D eigenvalue weighted by Gasteiger charge is 2.24. The zero-order valence-corrected chi connectivity index (χ0v) is 18.2. The molecule has 0 heterocycles. The van der Waals surface area contributed by atoms with Gasteiger partial charge in [-0.1, -0.05) is 57.2 Å². The molecule has 0 saturated heterocycles. The molecule has 2 rings (SSSR count). The fourth-order valence-corrected chi connectivity index (χ4v) is 3.02. The quantitative estimate of drug-likeness (QED) is 0.427. The average Bonchev–Trinajstić information content (AvgIpc) is 2.71. The van der Waals surface area contributed by atoms with Crippen LogP contribution in [0.15, 0.2) is 65.6 Å². The second-order valence-corrected chi connectivity index (χ2v) is 8.80. The summed E-state index contributed by atoms with van der Waals surface area (Å²) < 4.78 is 34.3. The minimum atomic E-state index is -4.00. The van der Waals surface area contributed by atoms with E-state index in [1.165, 1.54) is 12.1 Å². The topological polar surface area (TPSA) is 121 Å². The van der Waals surface area contributed by atoms with E-state index in [-0.39, 0.29) is 17.4 Å². The number of hydrogen-bond donors (Lipinski definition) is 3. The molecule has 0 amide bonds. The molecular formula is C22H30O7S. The summed E-state index contributed by atoms with van der Waals surface area (Å²) in [4.78, 5) is 11.6. The molecule has 0 fully saturated rings. The van der Waals surface area contributed by atoms with E-state index in [1.807, 2.05) is 19.9 Å². The van der Waals surface area contributed by atoms with Crippen LogP contribution in [0.5, 0.6) is 0 Å². The molecule has 2 aromatic rings. The highest BCUT2D eigenvalue weighted by atomic mass is 32.2. The summed E-state index contributed by atoms with van der Waals surface area (Å²) in [5, 5.41) is 19.9. The first kappa shape index (κ1) is 25.8. The summed E-state index contributed by atoms with van der Waals surface area (Å²) in [5.74, 6) is -0.442. The van der Waals surface area contributed by atoms with Crippen molar-refractivity contribution in [2.75, 3.05) is 6.61 Å². The Morgan fingerprint density at radius 1 is 0.900 bits per heavy atom. The number of carbonyl (C=O) groups excluding carboxylic acids is 1. The van der Waals surface area contributed by atoms with Gasteiger partial charge in [-0.3, -0.25) is 4.55 Å². The molecule has 3 unspecified atom stereocenters. The number of ether oxygens (including phenoxy) is 1. The fourth-order valence-electron chi connectivity index (χ4n) is 2.52. The van der Waals surface area contributed by atoms with E-state index in [1.54, 1.807) is 49.4 Å². The van der Waals surface area contributed by atoms with Gasteiger partial charge in [0.05, 0.1) is 22.7 Å². The molecule has 2 aromatic carbocycles. The van der Waals surface area contributed by atoms with Gasteiger partial charge >= 0.3 is 5.97 Å². The van der Waals surface area contributed by atoms with Crippen molar-refractivity contribution in [3.05, 3.63) is 66.2 Å². The van der Waals surface area contributed by atoms with E-state index < -0.39 is 28.3 Å². The van der Waals surface area contributed by atoms with Gasteiger partial charge in [-0.15, -0.1) is 0 Å². The lowest BCUT2D eigenvalue weighted by atomic mass is 9.92. The number of aliphatic hydroxyl groups excluding tert-OH is 2. The van der Waals surface area contributed by atoms with E-state index in [0.717, 1.165) is 0 Å². The predicted molar refractivity (Wildman–Crippen MR) is 114 cm³/mol. The summed E-state index contributed by atoms with van der Waals surface area (Å²) in [6, 6.07) is 16.1. The van der Waals surface area contributed by atoms with Crippen LogP contribution >= 0.6 is 0 Å². The van der Waals surface area contributed by atoms with Crippen molar-refractivity contribution < 1.29 is 32.7 Å². The smallest absolute Gasteiger partial charge is 0.338 e. The molecule has 0 bridgehead atoms. The van der Waals surface area contributed by atoms with Crippen molar-refractivity contribution in [3.63, 3.8) is 0 Å². The van der Waals surface area contributed by atoms with E-state index in [9.17, 15) is 23.4 Å². The molecule has 0 aliphatic carbocycles. The van der Waals surface area contributed by atoms with Crippen LogP contribution in [0.3, 0.4) is 0 Å². The standard InChI is InChI=1S/C16H24O4.C6H6O3S/c1-11(2)9-14(17)12(3)15(18)10-20-16(19)13-7-5-4-6-8-13;7-10(8,9)6-4-2-1-3-5-6/h4-8,11-12,14-15,17-18H,9-10H2,1-3H3;1-5H,(H,7,8,9). The van der Waals surface area contributed by atoms with Crippen molar-refractivity contribution >= 4 is 16.1 Å². The normalized spacial score (nSPS) is 14.2. The summed E-state index contributed by atoms with van der Waals surface area (Å²) in [7, 11) is -4.00. The molecule has 0 spiro atoms. The maximum Gasteiger partial charge on any atom is 0.338 e. The zero-order valence-electron chi connectivity index (χ0n) is 17.4. The lowest BCUT2D eigenvalue weighted by Crippen LogP contribution is -2.34. The maximum atomic E-state index is 11.7. The van der Waals surface area contributed by atoms with Crippen molar-refractivity contribution in [3.8, 4) is 0 Å². The number of aliphatic hydroxyl groups is 2. The molecule has 8 heteroatoms. The molecule has 0 aromatic heterocycles. The van der Waals surface area contributed by atoms with Gasteiger partial charge in [-0.05, 0) is 36.6 Å². The van der Waals surface area contributed by atoms with Crippen LogP contribution in [-0.2, 0) is 14.9 Å². The lowest BCUT2D eigenvalue weighted by molar-refractivity contribution is -0.0268. The summed E-state index contributed by atoms with van der Waals surface area (Å²) >= 11 is 0. The number of carbonyl (C=O) groups is 1. The van der Waals surface area contributed by atoms with Crippen LogP contribution in [0.4, 0.5) is 0 Å². The van der Waals surface area contributed by atoms with Crippen LogP contribution in [0, 0.1) is 11.8 Å². The first-order chi connectivity index (χ1) is 14.0. The minimum absolute atomic E-state index is 0.0741. The largest absolute Gasteiger partial charge is 0.459 e.